The molecule has 0 aliphatic carbocycles. The number of methoxy groups -OCH3 is 1. The Labute approximate surface area is 145 Å². The third kappa shape index (κ3) is 5.15. The van der Waals surface area contributed by atoms with Gasteiger partial charge in [0.1, 0.15) is 5.82 Å². The van der Waals surface area contributed by atoms with Crippen LogP contribution in [0.15, 0.2) is 35.3 Å². The minimum Gasteiger partial charge on any atom is -0.491 e. The Morgan fingerprint density at radius 3 is 2.84 bits per heavy atom. The van der Waals surface area contributed by atoms with Crippen molar-refractivity contribution in [2.75, 3.05) is 26.0 Å². The predicted octanol–water partition coefficient (Wildman–Crippen LogP) is 2.29. The molecule has 0 aliphatic heterocycles. The number of aromatic nitrogens is 1. The number of hydrogen-bond donors (Lipinski definition) is 2. The molecule has 1 amide bonds. The summed E-state index contributed by atoms with van der Waals surface area (Å²) in [6, 6.07) is 5.74. The first-order valence-corrected chi connectivity index (χ1v) is 7.90. The van der Waals surface area contributed by atoms with Crippen molar-refractivity contribution >= 4 is 11.6 Å². The van der Waals surface area contributed by atoms with E-state index in [0.29, 0.717) is 35.8 Å². The highest BCUT2D eigenvalue weighted by molar-refractivity contribution is 5.90. The minimum atomic E-state index is -0.400. The number of ether oxygens (including phenoxy) is 1. The highest BCUT2D eigenvalue weighted by Gasteiger charge is 2.12. The minimum absolute atomic E-state index is 0.158. The molecule has 1 aromatic carbocycles. The Morgan fingerprint density at radius 2 is 2.16 bits per heavy atom. The van der Waals surface area contributed by atoms with E-state index in [-0.39, 0.29) is 17.8 Å². The summed E-state index contributed by atoms with van der Waals surface area (Å²) in [4.78, 5) is 29.1. The standard InChI is InChI=1S/C18H22FN3O3/c1-12-18(25-3)17(24)13(10-20-12)11-22(2)8-7-16(23)21-15-6-4-5-14(19)9-15/h4-6,9-10H,7-8,11H2,1-3H3,(H,20,24)(H,21,23). The van der Waals surface area contributed by atoms with Gasteiger partial charge in [-0.25, -0.2) is 4.39 Å². The van der Waals surface area contributed by atoms with E-state index in [0.717, 1.165) is 0 Å². The van der Waals surface area contributed by atoms with E-state index >= 15 is 0 Å². The van der Waals surface area contributed by atoms with Crippen molar-refractivity contribution in [2.24, 2.45) is 0 Å². The predicted molar refractivity (Wildman–Crippen MR) is 94.3 cm³/mol. The lowest BCUT2D eigenvalue weighted by molar-refractivity contribution is -0.116. The maximum absolute atomic E-state index is 13.1. The van der Waals surface area contributed by atoms with Crippen LogP contribution in [0.1, 0.15) is 17.7 Å². The molecule has 2 rings (SSSR count). The van der Waals surface area contributed by atoms with E-state index in [9.17, 15) is 14.0 Å². The Kier molecular flexibility index (Phi) is 6.30. The fourth-order valence-electron chi connectivity index (χ4n) is 2.46. The highest BCUT2D eigenvalue weighted by atomic mass is 19.1. The average molecular weight is 347 g/mol. The van der Waals surface area contributed by atoms with Gasteiger partial charge >= 0.3 is 0 Å². The Hall–Kier alpha value is -2.67. The lowest BCUT2D eigenvalue weighted by atomic mass is 10.2. The van der Waals surface area contributed by atoms with E-state index in [1.807, 2.05) is 11.9 Å². The number of pyridine rings is 1. The van der Waals surface area contributed by atoms with Crippen molar-refractivity contribution < 1.29 is 13.9 Å². The van der Waals surface area contributed by atoms with E-state index in [1.165, 1.54) is 25.3 Å². The summed E-state index contributed by atoms with van der Waals surface area (Å²) >= 11 is 0. The van der Waals surface area contributed by atoms with Crippen LogP contribution >= 0.6 is 0 Å². The molecule has 0 saturated heterocycles. The molecule has 0 radical (unpaired) electrons. The molecular formula is C18H22FN3O3. The molecule has 0 aliphatic rings. The van der Waals surface area contributed by atoms with E-state index < -0.39 is 5.82 Å². The molecule has 1 aromatic heterocycles. The number of aryl methyl sites for hydroxylation is 1. The van der Waals surface area contributed by atoms with E-state index in [2.05, 4.69) is 10.3 Å². The second-order valence-electron chi connectivity index (χ2n) is 5.85. The van der Waals surface area contributed by atoms with Gasteiger partial charge in [-0.05, 0) is 32.2 Å². The summed E-state index contributed by atoms with van der Waals surface area (Å²) in [5.74, 6) is -0.315. The number of hydrogen-bond acceptors (Lipinski definition) is 4. The molecule has 1 heterocycles. The van der Waals surface area contributed by atoms with Crippen LogP contribution < -0.4 is 15.5 Å². The van der Waals surface area contributed by atoms with Crippen molar-refractivity contribution in [3.05, 3.63) is 57.8 Å². The third-order valence-electron chi connectivity index (χ3n) is 3.77. The number of H-pyrrole nitrogens is 1. The van der Waals surface area contributed by atoms with Gasteiger partial charge in [0.05, 0.1) is 12.8 Å². The molecule has 0 spiro atoms. The topological polar surface area (TPSA) is 74.4 Å². The highest BCUT2D eigenvalue weighted by Crippen LogP contribution is 2.11. The maximum Gasteiger partial charge on any atom is 0.228 e. The largest absolute Gasteiger partial charge is 0.491 e. The SMILES string of the molecule is COc1c(C)[nH]cc(CN(C)CCC(=O)Nc2cccc(F)c2)c1=O. The van der Waals surface area contributed by atoms with Crippen LogP contribution in [0.25, 0.3) is 0 Å². The van der Waals surface area contributed by atoms with Gasteiger partial charge in [-0.3, -0.25) is 9.59 Å². The Bertz CT molecular complexity index is 804. The van der Waals surface area contributed by atoms with Gasteiger partial charge in [0.15, 0.2) is 5.75 Å². The number of aromatic amines is 1. The van der Waals surface area contributed by atoms with E-state index in [4.69, 9.17) is 4.74 Å². The van der Waals surface area contributed by atoms with Gasteiger partial charge in [-0.2, -0.15) is 0 Å². The molecule has 134 valence electrons. The number of nitrogens with one attached hydrogen (secondary N) is 2. The van der Waals surface area contributed by atoms with Gasteiger partial charge in [0.25, 0.3) is 0 Å². The second-order valence-corrected chi connectivity index (χ2v) is 5.85. The molecule has 2 N–H and O–H groups in total. The first-order chi connectivity index (χ1) is 11.9. The third-order valence-corrected chi connectivity index (χ3v) is 3.77. The summed E-state index contributed by atoms with van der Waals surface area (Å²) in [7, 11) is 3.28. The van der Waals surface area contributed by atoms with E-state index in [1.54, 1.807) is 19.2 Å². The fourth-order valence-corrected chi connectivity index (χ4v) is 2.46. The van der Waals surface area contributed by atoms with Crippen LogP contribution in [0.3, 0.4) is 0 Å². The molecular weight excluding hydrogens is 325 g/mol. The molecule has 0 fully saturated rings. The summed E-state index contributed by atoms with van der Waals surface area (Å²) < 4.78 is 18.2. The van der Waals surface area contributed by atoms with Crippen LogP contribution in [0.5, 0.6) is 5.75 Å². The van der Waals surface area contributed by atoms with Gasteiger partial charge in [0, 0.05) is 37.0 Å². The summed E-state index contributed by atoms with van der Waals surface area (Å²) in [5, 5.41) is 2.65. The van der Waals surface area contributed by atoms with Crippen LogP contribution in [-0.4, -0.2) is 36.5 Å². The smallest absolute Gasteiger partial charge is 0.228 e. The maximum atomic E-state index is 13.1. The molecule has 0 unspecified atom stereocenters. The fraction of sp³-hybridized carbons (Fsp3) is 0.333. The number of carbonyl (C=O) groups excluding carboxylic acids is 1. The number of benzene rings is 1. The molecule has 2 aromatic rings. The molecule has 7 heteroatoms. The normalized spacial score (nSPS) is 10.8. The molecule has 0 saturated carbocycles. The average Bonchev–Trinajstić information content (AvgIpc) is 2.56. The molecule has 6 nitrogen and oxygen atoms in total. The van der Waals surface area contributed by atoms with Crippen molar-refractivity contribution in [1.29, 1.82) is 0 Å². The number of nitrogens with zero attached hydrogens (tertiary/aromatic N) is 1. The number of carbonyl (C=O) groups is 1. The van der Waals surface area contributed by atoms with Crippen LogP contribution in [0.2, 0.25) is 0 Å². The van der Waals surface area contributed by atoms with Crippen molar-refractivity contribution in [3.63, 3.8) is 0 Å². The molecule has 0 bridgehead atoms. The summed E-state index contributed by atoms with van der Waals surface area (Å²) in [6.45, 7) is 2.61. The zero-order valence-corrected chi connectivity index (χ0v) is 14.6. The number of amides is 1. The number of halogens is 1. The summed E-state index contributed by atoms with van der Waals surface area (Å²) in [6.07, 6.45) is 1.89. The Morgan fingerprint density at radius 1 is 1.40 bits per heavy atom. The van der Waals surface area contributed by atoms with Crippen molar-refractivity contribution in [3.8, 4) is 5.75 Å². The molecule has 25 heavy (non-hydrogen) atoms. The first kappa shape index (κ1) is 18.7. The first-order valence-electron chi connectivity index (χ1n) is 7.90. The monoisotopic (exact) mass is 347 g/mol. The van der Waals surface area contributed by atoms with Gasteiger partial charge in [-0.1, -0.05) is 6.07 Å². The van der Waals surface area contributed by atoms with Crippen LogP contribution in [0.4, 0.5) is 10.1 Å². The number of anilines is 1. The van der Waals surface area contributed by atoms with Crippen molar-refractivity contribution in [2.45, 2.75) is 19.9 Å². The second kappa shape index (κ2) is 8.43. The van der Waals surface area contributed by atoms with Gasteiger partial charge in [-0.15, -0.1) is 0 Å². The lowest BCUT2D eigenvalue weighted by Gasteiger charge is -2.17. The van der Waals surface area contributed by atoms with Crippen molar-refractivity contribution in [1.82, 2.24) is 9.88 Å². The quantitative estimate of drug-likeness (QED) is 0.806. The van der Waals surface area contributed by atoms with Crippen LogP contribution in [-0.2, 0) is 11.3 Å². The lowest BCUT2D eigenvalue weighted by Crippen LogP contribution is -2.27. The zero-order valence-electron chi connectivity index (χ0n) is 14.6. The number of rotatable bonds is 7. The zero-order chi connectivity index (χ0) is 18.4. The molecule has 0 atom stereocenters. The Balaban J connectivity index is 1.89. The summed E-state index contributed by atoms with van der Waals surface area (Å²) in [5.41, 5.74) is 1.51. The van der Waals surface area contributed by atoms with Crippen LogP contribution in [0, 0.1) is 12.7 Å². The van der Waals surface area contributed by atoms with Gasteiger partial charge < -0.3 is 19.9 Å². The van der Waals surface area contributed by atoms with Gasteiger partial charge in [0.2, 0.25) is 11.3 Å².